The van der Waals surface area contributed by atoms with Crippen molar-refractivity contribution in [2.24, 2.45) is 5.92 Å². The third-order valence-corrected chi connectivity index (χ3v) is 5.52. The average molecular weight is 346 g/mol. The largest absolute Gasteiger partial charge is 0.468 e. The van der Waals surface area contributed by atoms with Crippen molar-refractivity contribution in [2.45, 2.75) is 52.1 Å². The van der Waals surface area contributed by atoms with E-state index in [0.717, 1.165) is 37.2 Å². The molecule has 1 heterocycles. The van der Waals surface area contributed by atoms with Gasteiger partial charge in [0.1, 0.15) is 5.82 Å². The Hall–Kier alpha value is -1.68. The SMILES string of the molecule is CCCc1sc(OC(C(=O)C2CC2)c2ccccc2F)cc1CC. The summed E-state index contributed by atoms with van der Waals surface area (Å²) in [5.74, 6) is -0.350. The van der Waals surface area contributed by atoms with Crippen molar-refractivity contribution in [3.05, 3.63) is 52.2 Å². The molecule has 3 rings (SSSR count). The van der Waals surface area contributed by atoms with Crippen LogP contribution in [0.1, 0.15) is 55.2 Å². The van der Waals surface area contributed by atoms with Crippen molar-refractivity contribution in [3.63, 3.8) is 0 Å². The minimum Gasteiger partial charge on any atom is -0.468 e. The van der Waals surface area contributed by atoms with Crippen LogP contribution in [-0.2, 0) is 17.6 Å². The lowest BCUT2D eigenvalue weighted by atomic mass is 10.0. The predicted molar refractivity (Wildman–Crippen MR) is 95.2 cm³/mol. The summed E-state index contributed by atoms with van der Waals surface area (Å²) in [6, 6.07) is 8.45. The van der Waals surface area contributed by atoms with Crippen LogP contribution in [0.25, 0.3) is 0 Å². The summed E-state index contributed by atoms with van der Waals surface area (Å²) < 4.78 is 20.3. The van der Waals surface area contributed by atoms with E-state index in [1.54, 1.807) is 29.5 Å². The van der Waals surface area contributed by atoms with Crippen LogP contribution in [-0.4, -0.2) is 5.78 Å². The van der Waals surface area contributed by atoms with Crippen LogP contribution in [0.5, 0.6) is 5.06 Å². The number of ether oxygens (including phenoxy) is 1. The van der Waals surface area contributed by atoms with Gasteiger partial charge in [0.05, 0.1) is 0 Å². The Labute approximate surface area is 146 Å². The maximum Gasteiger partial charge on any atom is 0.186 e. The molecule has 0 amide bonds. The normalized spacial score (nSPS) is 15.3. The Balaban J connectivity index is 1.89. The van der Waals surface area contributed by atoms with Crippen LogP contribution in [0, 0.1) is 11.7 Å². The number of rotatable bonds is 8. The maximum atomic E-state index is 14.2. The molecule has 1 atom stereocenters. The van der Waals surface area contributed by atoms with Crippen molar-refractivity contribution in [3.8, 4) is 5.06 Å². The first-order chi connectivity index (χ1) is 11.6. The molecule has 1 aliphatic carbocycles. The highest BCUT2D eigenvalue weighted by Gasteiger charge is 2.38. The van der Waals surface area contributed by atoms with Gasteiger partial charge in [0.15, 0.2) is 17.0 Å². The molecule has 1 saturated carbocycles. The fourth-order valence-corrected chi connectivity index (χ4v) is 4.12. The molecule has 0 saturated heterocycles. The molecule has 1 aromatic heterocycles. The molecule has 0 aliphatic heterocycles. The molecule has 0 spiro atoms. The molecule has 0 bridgehead atoms. The zero-order valence-corrected chi connectivity index (χ0v) is 15.0. The first-order valence-electron chi connectivity index (χ1n) is 8.70. The van der Waals surface area contributed by atoms with Gasteiger partial charge in [-0.25, -0.2) is 4.39 Å². The molecular weight excluding hydrogens is 323 g/mol. The van der Waals surface area contributed by atoms with Crippen LogP contribution >= 0.6 is 11.3 Å². The highest BCUT2D eigenvalue weighted by Crippen LogP contribution is 2.39. The zero-order valence-electron chi connectivity index (χ0n) is 14.2. The molecule has 4 heteroatoms. The average Bonchev–Trinajstić information content (AvgIpc) is 3.36. The summed E-state index contributed by atoms with van der Waals surface area (Å²) in [4.78, 5) is 14.0. The van der Waals surface area contributed by atoms with Gasteiger partial charge in [0.25, 0.3) is 0 Å². The third-order valence-electron chi connectivity index (χ3n) is 4.39. The number of aryl methyl sites for hydroxylation is 2. The molecule has 1 aromatic carbocycles. The highest BCUT2D eigenvalue weighted by molar-refractivity contribution is 7.14. The molecule has 2 aromatic rings. The Bertz CT molecular complexity index is 718. The minimum absolute atomic E-state index is 0.00332. The van der Waals surface area contributed by atoms with Crippen LogP contribution < -0.4 is 4.74 Å². The van der Waals surface area contributed by atoms with E-state index in [0.29, 0.717) is 5.56 Å². The lowest BCUT2D eigenvalue weighted by molar-refractivity contribution is -0.127. The summed E-state index contributed by atoms with van der Waals surface area (Å²) in [6.45, 7) is 4.27. The number of carbonyl (C=O) groups excluding carboxylic acids is 1. The van der Waals surface area contributed by atoms with Crippen LogP contribution in [0.3, 0.4) is 0 Å². The number of Topliss-reactive ketones (excluding diaryl/α,β-unsaturated/α-hetero) is 1. The molecule has 1 aliphatic rings. The van der Waals surface area contributed by atoms with Gasteiger partial charge in [0.2, 0.25) is 0 Å². The quantitative estimate of drug-likeness (QED) is 0.631. The highest BCUT2D eigenvalue weighted by atomic mass is 32.1. The van der Waals surface area contributed by atoms with Gasteiger partial charge in [-0.1, -0.05) is 38.5 Å². The molecule has 2 nitrogen and oxygen atoms in total. The number of ketones is 1. The van der Waals surface area contributed by atoms with Crippen LogP contribution in [0.2, 0.25) is 0 Å². The second-order valence-corrected chi connectivity index (χ2v) is 7.41. The van der Waals surface area contributed by atoms with E-state index in [9.17, 15) is 9.18 Å². The Kier molecular flexibility index (Phi) is 5.34. The molecule has 1 fully saturated rings. The zero-order chi connectivity index (χ0) is 17.1. The predicted octanol–water partition coefficient (Wildman–Crippen LogP) is 5.50. The maximum absolute atomic E-state index is 14.2. The lowest BCUT2D eigenvalue weighted by Gasteiger charge is -2.17. The van der Waals surface area contributed by atoms with Crippen molar-refractivity contribution in [1.29, 1.82) is 0 Å². The fourth-order valence-electron chi connectivity index (χ4n) is 2.90. The van der Waals surface area contributed by atoms with Gasteiger partial charge >= 0.3 is 0 Å². The van der Waals surface area contributed by atoms with E-state index in [-0.39, 0.29) is 17.5 Å². The van der Waals surface area contributed by atoms with Gasteiger partial charge in [-0.05, 0) is 43.4 Å². The number of halogens is 1. The van der Waals surface area contributed by atoms with Crippen molar-refractivity contribution in [2.75, 3.05) is 0 Å². The molecular formula is C20H23FO2S. The topological polar surface area (TPSA) is 26.3 Å². The van der Waals surface area contributed by atoms with Crippen LogP contribution in [0.15, 0.2) is 30.3 Å². The van der Waals surface area contributed by atoms with Crippen molar-refractivity contribution < 1.29 is 13.9 Å². The standard InChI is InChI=1S/C20H23FO2S/c1-3-7-17-13(4-2)12-18(24-17)23-20(19(22)14-10-11-14)15-8-5-6-9-16(15)21/h5-6,8-9,12,14,20H,3-4,7,10-11H2,1-2H3. The molecule has 0 N–H and O–H groups in total. The monoisotopic (exact) mass is 346 g/mol. The second-order valence-electron chi connectivity index (χ2n) is 6.31. The van der Waals surface area contributed by atoms with Gasteiger partial charge in [0, 0.05) is 16.4 Å². The number of hydrogen-bond donors (Lipinski definition) is 0. The van der Waals surface area contributed by atoms with Crippen LogP contribution in [0.4, 0.5) is 4.39 Å². The summed E-state index contributed by atoms with van der Waals surface area (Å²) in [6.07, 6.45) is 3.97. The number of benzene rings is 1. The number of carbonyl (C=O) groups is 1. The van der Waals surface area contributed by atoms with Gasteiger partial charge in [-0.15, -0.1) is 11.3 Å². The van der Waals surface area contributed by atoms with Gasteiger partial charge in [-0.2, -0.15) is 0 Å². The molecule has 24 heavy (non-hydrogen) atoms. The minimum atomic E-state index is -0.837. The fraction of sp³-hybridized carbons (Fsp3) is 0.450. The summed E-state index contributed by atoms with van der Waals surface area (Å²) in [5, 5.41) is 0.720. The molecule has 1 unspecified atom stereocenters. The van der Waals surface area contributed by atoms with E-state index >= 15 is 0 Å². The van der Waals surface area contributed by atoms with Gasteiger partial charge in [-0.3, -0.25) is 4.79 Å². The van der Waals surface area contributed by atoms with E-state index < -0.39 is 6.10 Å². The lowest BCUT2D eigenvalue weighted by Crippen LogP contribution is -2.21. The van der Waals surface area contributed by atoms with E-state index in [1.165, 1.54) is 16.5 Å². The van der Waals surface area contributed by atoms with Crippen molar-refractivity contribution >= 4 is 17.1 Å². The first-order valence-corrected chi connectivity index (χ1v) is 9.52. The molecule has 0 radical (unpaired) electrons. The second kappa shape index (κ2) is 7.47. The van der Waals surface area contributed by atoms with E-state index in [4.69, 9.17) is 4.74 Å². The third kappa shape index (κ3) is 3.69. The van der Waals surface area contributed by atoms with Gasteiger partial charge < -0.3 is 4.74 Å². The van der Waals surface area contributed by atoms with E-state index in [2.05, 4.69) is 13.8 Å². The van der Waals surface area contributed by atoms with E-state index in [1.807, 2.05) is 6.07 Å². The summed E-state index contributed by atoms with van der Waals surface area (Å²) >= 11 is 1.59. The summed E-state index contributed by atoms with van der Waals surface area (Å²) in [7, 11) is 0. The number of hydrogen-bond acceptors (Lipinski definition) is 3. The summed E-state index contributed by atoms with van der Waals surface area (Å²) in [5.41, 5.74) is 1.61. The Morgan fingerprint density at radius 1 is 1.33 bits per heavy atom. The first kappa shape index (κ1) is 17.2. The number of thiophene rings is 1. The Morgan fingerprint density at radius 3 is 2.71 bits per heavy atom. The Morgan fingerprint density at radius 2 is 2.08 bits per heavy atom. The molecule has 128 valence electrons. The van der Waals surface area contributed by atoms with Crippen molar-refractivity contribution in [1.82, 2.24) is 0 Å². The smallest absolute Gasteiger partial charge is 0.186 e.